The molecule has 0 atom stereocenters. The standard InChI is InChI=1S/C23H12F4N8O/c1-28-18-10-13(11-29-21(18)35-30-8-9-31-35)33-22(36)16-12-32-34(20(16)23(25,26)27)19-7-3-4-14-15(19)5-2-6-17(14)24/h2-12H,(H,33,36). The summed E-state index contributed by atoms with van der Waals surface area (Å²) in [7, 11) is 0. The van der Waals surface area contributed by atoms with Gasteiger partial charge in [-0.1, -0.05) is 24.3 Å². The van der Waals surface area contributed by atoms with Crippen LogP contribution in [-0.4, -0.2) is 35.7 Å². The molecule has 1 N–H and O–H groups in total. The fourth-order valence-electron chi connectivity index (χ4n) is 3.68. The maximum absolute atomic E-state index is 14.2. The van der Waals surface area contributed by atoms with Gasteiger partial charge in [-0.2, -0.15) is 28.5 Å². The van der Waals surface area contributed by atoms with E-state index >= 15 is 0 Å². The Morgan fingerprint density at radius 1 is 1.00 bits per heavy atom. The molecular formula is C23H12F4N8O. The van der Waals surface area contributed by atoms with Crippen LogP contribution in [-0.2, 0) is 6.18 Å². The number of rotatable bonds is 4. The molecule has 1 amide bonds. The van der Waals surface area contributed by atoms with Crippen LogP contribution in [0, 0.1) is 12.4 Å². The summed E-state index contributed by atoms with van der Waals surface area (Å²) in [5.41, 5.74) is -2.21. The Morgan fingerprint density at radius 3 is 2.44 bits per heavy atom. The number of amides is 1. The maximum Gasteiger partial charge on any atom is 0.434 e. The molecule has 0 bridgehead atoms. The van der Waals surface area contributed by atoms with Crippen LogP contribution in [0.4, 0.5) is 28.9 Å². The van der Waals surface area contributed by atoms with Crippen molar-refractivity contribution < 1.29 is 22.4 Å². The number of hydrogen-bond donors (Lipinski definition) is 1. The molecule has 0 saturated heterocycles. The number of halogens is 4. The Morgan fingerprint density at radius 2 is 1.72 bits per heavy atom. The van der Waals surface area contributed by atoms with Gasteiger partial charge in [-0.3, -0.25) is 4.79 Å². The van der Waals surface area contributed by atoms with E-state index in [4.69, 9.17) is 6.57 Å². The van der Waals surface area contributed by atoms with Gasteiger partial charge in [-0.15, -0.1) is 4.80 Å². The van der Waals surface area contributed by atoms with E-state index in [0.29, 0.717) is 4.68 Å². The Balaban J connectivity index is 1.55. The first-order valence-corrected chi connectivity index (χ1v) is 10.2. The lowest BCUT2D eigenvalue weighted by Crippen LogP contribution is -2.21. The molecule has 0 aliphatic rings. The van der Waals surface area contributed by atoms with Gasteiger partial charge in [0.15, 0.2) is 11.5 Å². The fourth-order valence-corrected chi connectivity index (χ4v) is 3.68. The number of alkyl halides is 3. The van der Waals surface area contributed by atoms with E-state index in [-0.39, 0.29) is 33.7 Å². The molecule has 3 aromatic heterocycles. The summed E-state index contributed by atoms with van der Waals surface area (Å²) in [6, 6.07) is 9.44. The minimum absolute atomic E-state index is 0.0185. The number of nitrogens with zero attached hydrogens (tertiary/aromatic N) is 7. The molecule has 5 rings (SSSR count). The Hall–Kier alpha value is -5.12. The van der Waals surface area contributed by atoms with Crippen molar-refractivity contribution in [2.75, 3.05) is 5.32 Å². The molecule has 5 aromatic rings. The Bertz CT molecular complexity index is 1650. The maximum atomic E-state index is 14.2. The van der Waals surface area contributed by atoms with Crippen molar-refractivity contribution in [1.82, 2.24) is 29.8 Å². The lowest BCUT2D eigenvalue weighted by Gasteiger charge is -2.15. The van der Waals surface area contributed by atoms with E-state index in [0.717, 1.165) is 17.2 Å². The Labute approximate surface area is 199 Å². The van der Waals surface area contributed by atoms with Crippen molar-refractivity contribution in [3.8, 4) is 11.5 Å². The van der Waals surface area contributed by atoms with Gasteiger partial charge in [-0.25, -0.2) is 18.9 Å². The molecule has 178 valence electrons. The van der Waals surface area contributed by atoms with E-state index in [9.17, 15) is 22.4 Å². The van der Waals surface area contributed by atoms with Crippen LogP contribution in [0.25, 0.3) is 27.1 Å². The van der Waals surface area contributed by atoms with Crippen molar-refractivity contribution in [2.24, 2.45) is 0 Å². The molecule has 36 heavy (non-hydrogen) atoms. The monoisotopic (exact) mass is 492 g/mol. The summed E-state index contributed by atoms with van der Waals surface area (Å²) < 4.78 is 57.2. The van der Waals surface area contributed by atoms with Crippen LogP contribution >= 0.6 is 0 Å². The van der Waals surface area contributed by atoms with Crippen LogP contribution in [0.3, 0.4) is 0 Å². The summed E-state index contributed by atoms with van der Waals surface area (Å²) in [5, 5.41) is 14.2. The zero-order valence-electron chi connectivity index (χ0n) is 17.9. The van der Waals surface area contributed by atoms with E-state index in [1.165, 1.54) is 54.9 Å². The fraction of sp³-hybridized carbons (Fsp3) is 0.0435. The third kappa shape index (κ3) is 3.90. The molecular weight excluding hydrogens is 480 g/mol. The van der Waals surface area contributed by atoms with Crippen LogP contribution in [0.15, 0.2) is 67.3 Å². The first-order valence-electron chi connectivity index (χ1n) is 10.2. The second kappa shape index (κ2) is 8.58. The quantitative estimate of drug-likeness (QED) is 0.283. The number of carbonyl (C=O) groups is 1. The van der Waals surface area contributed by atoms with E-state index in [1.807, 2.05) is 0 Å². The predicted octanol–water partition coefficient (Wildman–Crippen LogP) is 4.96. The van der Waals surface area contributed by atoms with Crippen LogP contribution in [0.5, 0.6) is 0 Å². The summed E-state index contributed by atoms with van der Waals surface area (Å²) in [6.07, 6.45) is -0.274. The van der Waals surface area contributed by atoms with Gasteiger partial charge in [0.05, 0.1) is 42.6 Å². The number of aromatic nitrogens is 6. The molecule has 3 heterocycles. The number of nitrogens with one attached hydrogen (secondary N) is 1. The normalized spacial score (nSPS) is 11.4. The topological polar surface area (TPSA) is 94.9 Å². The van der Waals surface area contributed by atoms with Crippen LogP contribution in [0.1, 0.15) is 16.1 Å². The number of carbonyl (C=O) groups excluding carboxylic acids is 1. The summed E-state index contributed by atoms with van der Waals surface area (Å²) in [6.45, 7) is 7.34. The van der Waals surface area contributed by atoms with Gasteiger partial charge in [0.2, 0.25) is 5.69 Å². The van der Waals surface area contributed by atoms with Gasteiger partial charge in [0.25, 0.3) is 5.91 Å². The summed E-state index contributed by atoms with van der Waals surface area (Å²) in [4.78, 5) is 21.3. The lowest BCUT2D eigenvalue weighted by atomic mass is 10.1. The second-order valence-corrected chi connectivity index (χ2v) is 7.38. The number of benzene rings is 2. The zero-order valence-corrected chi connectivity index (χ0v) is 17.9. The average molecular weight is 492 g/mol. The van der Waals surface area contributed by atoms with Crippen molar-refractivity contribution in [3.63, 3.8) is 0 Å². The van der Waals surface area contributed by atoms with Crippen molar-refractivity contribution in [2.45, 2.75) is 6.18 Å². The average Bonchev–Trinajstić information content (AvgIpc) is 3.54. The van der Waals surface area contributed by atoms with Crippen molar-refractivity contribution in [1.29, 1.82) is 0 Å². The Kier molecular flexibility index (Phi) is 5.40. The SMILES string of the molecule is [C-]#[N+]c1cc(NC(=O)c2cnn(-c3cccc4c(F)cccc34)c2C(F)(F)F)cnc1-n1nccn1. The highest BCUT2D eigenvalue weighted by molar-refractivity contribution is 6.05. The minimum Gasteiger partial charge on any atom is -0.322 e. The van der Waals surface area contributed by atoms with Gasteiger partial charge < -0.3 is 5.32 Å². The summed E-state index contributed by atoms with van der Waals surface area (Å²) >= 11 is 0. The highest BCUT2D eigenvalue weighted by Crippen LogP contribution is 2.36. The number of hydrogen-bond acceptors (Lipinski definition) is 5. The van der Waals surface area contributed by atoms with Crippen LogP contribution in [0.2, 0.25) is 0 Å². The lowest BCUT2D eigenvalue weighted by molar-refractivity contribution is -0.143. The van der Waals surface area contributed by atoms with Crippen molar-refractivity contribution in [3.05, 3.63) is 95.7 Å². The van der Waals surface area contributed by atoms with E-state index < -0.39 is 29.2 Å². The number of anilines is 1. The van der Waals surface area contributed by atoms with Gasteiger partial charge in [-0.05, 0) is 18.2 Å². The molecule has 0 unspecified atom stereocenters. The highest BCUT2D eigenvalue weighted by Gasteiger charge is 2.41. The minimum atomic E-state index is -4.98. The predicted molar refractivity (Wildman–Crippen MR) is 119 cm³/mol. The molecule has 0 aliphatic heterocycles. The molecule has 0 fully saturated rings. The van der Waals surface area contributed by atoms with Crippen molar-refractivity contribution >= 4 is 28.1 Å². The smallest absolute Gasteiger partial charge is 0.322 e. The third-order valence-corrected chi connectivity index (χ3v) is 5.19. The van der Waals surface area contributed by atoms with Gasteiger partial charge in [0, 0.05) is 16.5 Å². The largest absolute Gasteiger partial charge is 0.434 e. The summed E-state index contributed by atoms with van der Waals surface area (Å²) in [5.74, 6) is -1.65. The molecule has 0 spiro atoms. The van der Waals surface area contributed by atoms with Gasteiger partial charge in [0.1, 0.15) is 5.82 Å². The number of pyridine rings is 1. The second-order valence-electron chi connectivity index (χ2n) is 7.38. The first kappa shape index (κ1) is 22.7. The van der Waals surface area contributed by atoms with E-state index in [1.54, 1.807) is 0 Å². The zero-order chi connectivity index (χ0) is 25.4. The first-order chi connectivity index (χ1) is 17.3. The molecule has 0 aliphatic carbocycles. The van der Waals surface area contributed by atoms with Gasteiger partial charge >= 0.3 is 6.18 Å². The number of fused-ring (bicyclic) bond motifs is 1. The molecule has 2 aromatic carbocycles. The molecule has 9 nitrogen and oxygen atoms in total. The third-order valence-electron chi connectivity index (χ3n) is 5.19. The molecule has 0 radical (unpaired) electrons. The highest BCUT2D eigenvalue weighted by atomic mass is 19.4. The van der Waals surface area contributed by atoms with Crippen LogP contribution < -0.4 is 5.32 Å². The molecule has 0 saturated carbocycles. The van der Waals surface area contributed by atoms with E-state index in [2.05, 4.69) is 30.4 Å². The molecule has 13 heteroatoms.